The van der Waals surface area contributed by atoms with E-state index in [2.05, 4.69) is 21.6 Å². The normalized spacial score (nSPS) is 18.8. The molecular formula is C19H29N3O5S. The summed E-state index contributed by atoms with van der Waals surface area (Å²) in [5.41, 5.74) is 0.369. The van der Waals surface area contributed by atoms with Crippen LogP contribution in [0.1, 0.15) is 29.6 Å². The largest absolute Gasteiger partial charge is 0.491 e. The molecule has 2 fully saturated rings. The van der Waals surface area contributed by atoms with Gasteiger partial charge in [0.05, 0.1) is 23.6 Å². The molecule has 0 atom stereocenters. The summed E-state index contributed by atoms with van der Waals surface area (Å²) in [6.45, 7) is 5.14. The van der Waals surface area contributed by atoms with E-state index in [1.807, 2.05) is 0 Å². The Bertz CT molecular complexity index is 787. The van der Waals surface area contributed by atoms with Crippen LogP contribution >= 0.6 is 0 Å². The first kappa shape index (κ1) is 20.9. The van der Waals surface area contributed by atoms with Crippen LogP contribution in [0.25, 0.3) is 0 Å². The fourth-order valence-electron chi connectivity index (χ4n) is 3.12. The van der Waals surface area contributed by atoms with Crippen LogP contribution in [0.4, 0.5) is 5.69 Å². The molecule has 156 valence electrons. The van der Waals surface area contributed by atoms with Crippen LogP contribution in [-0.4, -0.2) is 81.4 Å². The van der Waals surface area contributed by atoms with Gasteiger partial charge in [0.15, 0.2) is 0 Å². The summed E-state index contributed by atoms with van der Waals surface area (Å²) >= 11 is 0. The summed E-state index contributed by atoms with van der Waals surface area (Å²) in [6.07, 6.45) is 2.72. The number of ether oxygens (including phenoxy) is 1. The Balaban J connectivity index is 1.57. The lowest BCUT2D eigenvalue weighted by atomic mass is 10.2. The highest BCUT2D eigenvalue weighted by molar-refractivity contribution is 7.92. The Hall–Kier alpha value is -1.84. The average molecular weight is 412 g/mol. The summed E-state index contributed by atoms with van der Waals surface area (Å²) in [7, 11) is -1.45. The number of nitrogens with one attached hydrogen (secondary N) is 1. The molecule has 0 bridgehead atoms. The van der Waals surface area contributed by atoms with E-state index in [4.69, 9.17) is 4.74 Å². The number of anilines is 1. The van der Waals surface area contributed by atoms with Crippen molar-refractivity contribution in [2.24, 2.45) is 5.92 Å². The van der Waals surface area contributed by atoms with Crippen LogP contribution < -0.4 is 9.46 Å². The van der Waals surface area contributed by atoms with Crippen LogP contribution in [0.15, 0.2) is 18.2 Å². The number of nitrogens with zero attached hydrogens (tertiary/aromatic N) is 2. The van der Waals surface area contributed by atoms with E-state index in [-0.39, 0.29) is 17.1 Å². The van der Waals surface area contributed by atoms with Crippen molar-refractivity contribution in [1.82, 2.24) is 9.80 Å². The highest BCUT2D eigenvalue weighted by Crippen LogP contribution is 2.33. The maximum Gasteiger partial charge on any atom is 0.335 e. The highest BCUT2D eigenvalue weighted by Gasteiger charge is 2.23. The molecule has 0 amide bonds. The van der Waals surface area contributed by atoms with E-state index < -0.39 is 16.0 Å². The first-order chi connectivity index (χ1) is 13.3. The SMILES string of the molecule is CN1CCN(CCCS(=O)(=O)Nc2ccc(C(=O)O)cc2OCC2CC2)CC1. The number of rotatable bonds is 10. The van der Waals surface area contributed by atoms with Crippen LogP contribution in [-0.2, 0) is 10.0 Å². The molecule has 1 saturated carbocycles. The minimum absolute atomic E-state index is 0.0160. The Morgan fingerprint density at radius 3 is 2.61 bits per heavy atom. The van der Waals surface area contributed by atoms with Gasteiger partial charge in [0.25, 0.3) is 0 Å². The lowest BCUT2D eigenvalue weighted by Crippen LogP contribution is -2.45. The molecule has 2 aliphatic rings. The molecular weight excluding hydrogens is 382 g/mol. The molecule has 0 aromatic heterocycles. The monoisotopic (exact) mass is 411 g/mol. The minimum Gasteiger partial charge on any atom is -0.491 e. The van der Waals surface area contributed by atoms with Gasteiger partial charge in [-0.15, -0.1) is 0 Å². The molecule has 0 unspecified atom stereocenters. The number of carboxylic acids is 1. The molecule has 0 spiro atoms. The van der Waals surface area contributed by atoms with E-state index in [0.29, 0.717) is 24.6 Å². The molecule has 8 nitrogen and oxygen atoms in total. The van der Waals surface area contributed by atoms with Gasteiger partial charge < -0.3 is 19.6 Å². The van der Waals surface area contributed by atoms with Gasteiger partial charge in [0.2, 0.25) is 10.0 Å². The summed E-state index contributed by atoms with van der Waals surface area (Å²) in [5.74, 6) is -0.309. The van der Waals surface area contributed by atoms with E-state index in [9.17, 15) is 18.3 Å². The van der Waals surface area contributed by atoms with Crippen molar-refractivity contribution >= 4 is 21.7 Å². The van der Waals surface area contributed by atoms with Gasteiger partial charge in [-0.05, 0) is 57.0 Å². The van der Waals surface area contributed by atoms with E-state index in [1.165, 1.54) is 18.2 Å². The molecule has 3 rings (SSSR count). The maximum atomic E-state index is 12.5. The first-order valence-corrected chi connectivity index (χ1v) is 11.4. The number of carbonyl (C=O) groups is 1. The number of hydrogen-bond donors (Lipinski definition) is 2. The van der Waals surface area contributed by atoms with Crippen molar-refractivity contribution in [1.29, 1.82) is 0 Å². The third-order valence-electron chi connectivity index (χ3n) is 5.15. The quantitative estimate of drug-likeness (QED) is 0.603. The Labute approximate surface area is 166 Å². The van der Waals surface area contributed by atoms with Crippen molar-refractivity contribution in [3.05, 3.63) is 23.8 Å². The number of benzene rings is 1. The molecule has 1 aromatic rings. The predicted molar refractivity (Wildman–Crippen MR) is 108 cm³/mol. The lowest BCUT2D eigenvalue weighted by Gasteiger charge is -2.32. The number of likely N-dealkylation sites (N-methyl/N-ethyl adjacent to an activating group) is 1. The van der Waals surface area contributed by atoms with Gasteiger partial charge >= 0.3 is 5.97 Å². The topological polar surface area (TPSA) is 99.2 Å². The minimum atomic E-state index is -3.54. The number of hydrogen-bond acceptors (Lipinski definition) is 6. The highest BCUT2D eigenvalue weighted by atomic mass is 32.2. The zero-order valence-electron chi connectivity index (χ0n) is 16.3. The molecule has 2 N–H and O–H groups in total. The Morgan fingerprint density at radius 2 is 1.96 bits per heavy atom. The standard InChI is InChI=1S/C19H29N3O5S/c1-21-8-10-22(11-9-21)7-2-12-28(25,26)20-17-6-5-16(19(23)24)13-18(17)27-14-15-3-4-15/h5-6,13,15,20H,2-4,7-12,14H2,1H3,(H,23,24). The predicted octanol–water partition coefficient (Wildman–Crippen LogP) is 1.55. The van der Waals surface area contributed by atoms with Crippen molar-refractivity contribution in [3.8, 4) is 5.75 Å². The molecule has 1 aromatic carbocycles. The molecule has 28 heavy (non-hydrogen) atoms. The fourth-order valence-corrected chi connectivity index (χ4v) is 4.23. The molecule has 1 heterocycles. The molecule has 1 aliphatic heterocycles. The molecule has 1 aliphatic carbocycles. The lowest BCUT2D eigenvalue weighted by molar-refractivity contribution is 0.0696. The number of aromatic carboxylic acids is 1. The zero-order chi connectivity index (χ0) is 20.1. The van der Waals surface area contributed by atoms with Gasteiger partial charge in [-0.3, -0.25) is 4.72 Å². The van der Waals surface area contributed by atoms with Crippen LogP contribution in [0.2, 0.25) is 0 Å². The summed E-state index contributed by atoms with van der Waals surface area (Å²) in [4.78, 5) is 15.8. The van der Waals surface area contributed by atoms with Crippen LogP contribution in [0.3, 0.4) is 0 Å². The van der Waals surface area contributed by atoms with Gasteiger partial charge in [-0.1, -0.05) is 0 Å². The third-order valence-corrected chi connectivity index (χ3v) is 6.51. The molecule has 1 saturated heterocycles. The van der Waals surface area contributed by atoms with E-state index >= 15 is 0 Å². The fraction of sp³-hybridized carbons (Fsp3) is 0.632. The van der Waals surface area contributed by atoms with Gasteiger partial charge in [-0.25, -0.2) is 13.2 Å². The van der Waals surface area contributed by atoms with Crippen molar-refractivity contribution < 1.29 is 23.1 Å². The van der Waals surface area contributed by atoms with Crippen LogP contribution in [0, 0.1) is 5.92 Å². The van der Waals surface area contributed by atoms with Crippen molar-refractivity contribution in [3.63, 3.8) is 0 Å². The second-order valence-corrected chi connectivity index (χ2v) is 9.53. The molecule has 9 heteroatoms. The number of sulfonamides is 1. The second kappa shape index (κ2) is 9.11. The smallest absolute Gasteiger partial charge is 0.335 e. The molecule has 0 radical (unpaired) electrons. The maximum absolute atomic E-state index is 12.5. The van der Waals surface area contributed by atoms with E-state index in [1.54, 1.807) is 0 Å². The first-order valence-electron chi connectivity index (χ1n) is 9.74. The number of piperazine rings is 1. The van der Waals surface area contributed by atoms with Gasteiger partial charge in [0, 0.05) is 26.2 Å². The summed E-state index contributed by atoms with van der Waals surface area (Å²) in [6, 6.07) is 4.23. The Kier molecular flexibility index (Phi) is 6.79. The summed E-state index contributed by atoms with van der Waals surface area (Å²) < 4.78 is 33.3. The Morgan fingerprint density at radius 1 is 1.25 bits per heavy atom. The zero-order valence-corrected chi connectivity index (χ0v) is 17.1. The second-order valence-electron chi connectivity index (χ2n) is 7.69. The van der Waals surface area contributed by atoms with Crippen molar-refractivity contribution in [2.45, 2.75) is 19.3 Å². The van der Waals surface area contributed by atoms with Gasteiger partial charge in [-0.2, -0.15) is 0 Å². The average Bonchev–Trinajstić information content (AvgIpc) is 3.46. The van der Waals surface area contributed by atoms with E-state index in [0.717, 1.165) is 45.6 Å². The van der Waals surface area contributed by atoms with Crippen LogP contribution in [0.5, 0.6) is 5.75 Å². The third kappa shape index (κ3) is 6.35. The van der Waals surface area contributed by atoms with Crippen molar-refractivity contribution in [2.75, 3.05) is 56.9 Å². The number of carboxylic acid groups (broad SMARTS) is 1. The summed E-state index contributed by atoms with van der Waals surface area (Å²) in [5, 5.41) is 9.18. The van der Waals surface area contributed by atoms with Gasteiger partial charge in [0.1, 0.15) is 5.75 Å².